The van der Waals surface area contributed by atoms with Gasteiger partial charge in [-0.2, -0.15) is 0 Å². The number of aromatic nitrogens is 3. The van der Waals surface area contributed by atoms with Gasteiger partial charge in [-0.15, -0.1) is 0 Å². The Bertz CT molecular complexity index is 1160. The molecule has 2 N–H and O–H groups in total. The number of rotatable bonds is 4. The number of anilines is 1. The summed E-state index contributed by atoms with van der Waals surface area (Å²) in [5.74, 6) is -0.599. The van der Waals surface area contributed by atoms with Gasteiger partial charge in [0.2, 0.25) is 11.9 Å². The Hall–Kier alpha value is -3.59. The van der Waals surface area contributed by atoms with Gasteiger partial charge in [-0.1, -0.05) is 12.1 Å². The molecule has 1 amide bonds. The first-order valence-corrected chi connectivity index (χ1v) is 9.88. The smallest absolute Gasteiger partial charge is 0.255 e. The predicted octanol–water partition coefficient (Wildman–Crippen LogP) is 2.05. The molecule has 1 unspecified atom stereocenters. The van der Waals surface area contributed by atoms with Gasteiger partial charge in [0.05, 0.1) is 18.4 Å². The number of ether oxygens (including phenoxy) is 1. The van der Waals surface area contributed by atoms with E-state index in [9.17, 15) is 14.0 Å². The zero-order valence-corrected chi connectivity index (χ0v) is 17.0. The van der Waals surface area contributed by atoms with Gasteiger partial charge in [0, 0.05) is 43.6 Å². The molecule has 0 aliphatic carbocycles. The van der Waals surface area contributed by atoms with Gasteiger partial charge in [0.15, 0.2) is 5.82 Å². The first-order chi connectivity index (χ1) is 14.9. The summed E-state index contributed by atoms with van der Waals surface area (Å²) < 4.78 is 21.7. The molecule has 0 spiro atoms. The minimum Gasteiger partial charge on any atom is -0.372 e. The van der Waals surface area contributed by atoms with Gasteiger partial charge in [0.1, 0.15) is 6.10 Å². The van der Waals surface area contributed by atoms with Crippen molar-refractivity contribution in [3.63, 3.8) is 0 Å². The van der Waals surface area contributed by atoms with Crippen molar-refractivity contribution in [1.82, 2.24) is 14.5 Å². The van der Waals surface area contributed by atoms with Crippen LogP contribution in [0.3, 0.4) is 0 Å². The summed E-state index contributed by atoms with van der Waals surface area (Å²) in [6.07, 6.45) is 3.00. The predicted molar refractivity (Wildman–Crippen MR) is 113 cm³/mol. The molecule has 0 radical (unpaired) electrons. The number of amides is 1. The molecule has 3 heterocycles. The van der Waals surface area contributed by atoms with Crippen molar-refractivity contribution in [2.75, 3.05) is 24.6 Å². The molecule has 3 aromatic rings. The highest BCUT2D eigenvalue weighted by molar-refractivity contribution is 5.92. The van der Waals surface area contributed by atoms with E-state index in [1.54, 1.807) is 19.2 Å². The van der Waals surface area contributed by atoms with Crippen molar-refractivity contribution in [2.45, 2.75) is 12.5 Å². The molecular formula is C22H22FN5O3. The number of halogens is 1. The molecule has 1 aliphatic rings. The molecule has 31 heavy (non-hydrogen) atoms. The van der Waals surface area contributed by atoms with E-state index in [0.717, 1.165) is 18.2 Å². The Labute approximate surface area is 178 Å². The van der Waals surface area contributed by atoms with Gasteiger partial charge < -0.3 is 15.4 Å². The van der Waals surface area contributed by atoms with E-state index in [4.69, 9.17) is 10.5 Å². The quantitative estimate of drug-likeness (QED) is 0.689. The summed E-state index contributed by atoms with van der Waals surface area (Å²) in [7, 11) is 1.64. The number of pyridine rings is 1. The Kier molecular flexibility index (Phi) is 5.77. The summed E-state index contributed by atoms with van der Waals surface area (Å²) in [4.78, 5) is 34.3. The SMILES string of the molecule is Cn1c(N2CCCOC(c3ccc(C(N)=O)cc3)C2)nc(-c2ccncc2F)cc1=O. The molecule has 0 saturated carbocycles. The van der Waals surface area contributed by atoms with Crippen molar-refractivity contribution in [3.05, 3.63) is 76.1 Å². The largest absolute Gasteiger partial charge is 0.372 e. The van der Waals surface area contributed by atoms with Crippen LogP contribution in [0.15, 0.2) is 53.6 Å². The molecule has 1 aromatic carbocycles. The second-order valence-corrected chi connectivity index (χ2v) is 7.34. The van der Waals surface area contributed by atoms with Crippen LogP contribution < -0.4 is 16.2 Å². The molecule has 1 saturated heterocycles. The lowest BCUT2D eigenvalue weighted by atomic mass is 10.1. The average Bonchev–Trinajstić information content (AvgIpc) is 3.02. The number of nitrogens with two attached hydrogens (primary N) is 1. The van der Waals surface area contributed by atoms with Gasteiger partial charge in [-0.05, 0) is 30.2 Å². The van der Waals surface area contributed by atoms with Crippen LogP contribution in [-0.4, -0.2) is 40.1 Å². The van der Waals surface area contributed by atoms with Crippen molar-refractivity contribution >= 4 is 11.9 Å². The molecule has 2 aromatic heterocycles. The lowest BCUT2D eigenvalue weighted by Gasteiger charge is -2.27. The fourth-order valence-electron chi connectivity index (χ4n) is 3.60. The van der Waals surface area contributed by atoms with Crippen molar-refractivity contribution < 1.29 is 13.9 Å². The molecule has 1 atom stereocenters. The van der Waals surface area contributed by atoms with Gasteiger partial charge in [-0.25, -0.2) is 9.37 Å². The van der Waals surface area contributed by atoms with Crippen molar-refractivity contribution in [3.8, 4) is 11.3 Å². The van der Waals surface area contributed by atoms with Crippen LogP contribution >= 0.6 is 0 Å². The summed E-state index contributed by atoms with van der Waals surface area (Å²) in [6.45, 7) is 1.60. The number of hydrogen-bond donors (Lipinski definition) is 1. The first kappa shape index (κ1) is 20.7. The van der Waals surface area contributed by atoms with Crippen LogP contribution in [-0.2, 0) is 11.8 Å². The maximum atomic E-state index is 14.2. The van der Waals surface area contributed by atoms with Crippen LogP contribution in [0.25, 0.3) is 11.3 Å². The fraction of sp³-hybridized carbons (Fsp3) is 0.273. The summed E-state index contributed by atoms with van der Waals surface area (Å²) in [5, 5.41) is 0. The zero-order chi connectivity index (χ0) is 22.0. The highest BCUT2D eigenvalue weighted by Crippen LogP contribution is 2.26. The maximum absolute atomic E-state index is 14.2. The normalized spacial score (nSPS) is 16.7. The Morgan fingerprint density at radius 1 is 1.26 bits per heavy atom. The number of carbonyl (C=O) groups is 1. The molecule has 0 bridgehead atoms. The number of primary amides is 1. The van der Waals surface area contributed by atoms with Crippen LogP contribution in [0.1, 0.15) is 28.4 Å². The standard InChI is InChI=1S/C22H22FN5O3/c1-27-20(29)11-18(16-7-8-25-12-17(16)23)26-22(27)28-9-2-10-31-19(13-28)14-3-5-15(6-4-14)21(24)30/h3-8,11-12,19H,2,9-10,13H2,1H3,(H2,24,30). The van der Waals surface area contributed by atoms with E-state index < -0.39 is 11.7 Å². The number of nitrogens with zero attached hydrogens (tertiary/aromatic N) is 4. The van der Waals surface area contributed by atoms with Gasteiger partial charge in [-0.3, -0.25) is 19.1 Å². The van der Waals surface area contributed by atoms with E-state index in [1.807, 2.05) is 17.0 Å². The summed E-state index contributed by atoms with van der Waals surface area (Å²) in [6, 6.07) is 9.76. The van der Waals surface area contributed by atoms with Crippen molar-refractivity contribution in [1.29, 1.82) is 0 Å². The average molecular weight is 423 g/mol. The van der Waals surface area contributed by atoms with Crippen LogP contribution in [0.5, 0.6) is 0 Å². The molecule has 9 heteroatoms. The highest BCUT2D eigenvalue weighted by atomic mass is 19.1. The van der Waals surface area contributed by atoms with Crippen molar-refractivity contribution in [2.24, 2.45) is 12.8 Å². The third-order valence-electron chi connectivity index (χ3n) is 5.29. The Morgan fingerprint density at radius 2 is 2.03 bits per heavy atom. The van der Waals surface area contributed by atoms with E-state index in [2.05, 4.69) is 9.97 Å². The Balaban J connectivity index is 1.68. The second-order valence-electron chi connectivity index (χ2n) is 7.34. The summed E-state index contributed by atoms with van der Waals surface area (Å²) in [5.41, 5.74) is 6.82. The van der Waals surface area contributed by atoms with Crippen LogP contribution in [0.2, 0.25) is 0 Å². The molecule has 1 fully saturated rings. The zero-order valence-electron chi connectivity index (χ0n) is 17.0. The number of hydrogen-bond acceptors (Lipinski definition) is 6. The first-order valence-electron chi connectivity index (χ1n) is 9.88. The summed E-state index contributed by atoms with van der Waals surface area (Å²) >= 11 is 0. The monoisotopic (exact) mass is 423 g/mol. The minimum absolute atomic E-state index is 0.221. The third-order valence-corrected chi connectivity index (χ3v) is 5.29. The van der Waals surface area contributed by atoms with Gasteiger partial charge in [0.25, 0.3) is 5.56 Å². The Morgan fingerprint density at radius 3 is 2.74 bits per heavy atom. The molecule has 4 rings (SSSR count). The van der Waals surface area contributed by atoms with E-state index in [0.29, 0.717) is 31.2 Å². The number of carbonyl (C=O) groups excluding carboxylic acids is 1. The van der Waals surface area contributed by atoms with Crippen LogP contribution in [0, 0.1) is 5.82 Å². The molecule has 160 valence electrons. The molecule has 8 nitrogen and oxygen atoms in total. The lowest BCUT2D eigenvalue weighted by Crippen LogP contribution is -2.34. The molecular weight excluding hydrogens is 401 g/mol. The number of benzene rings is 1. The van der Waals surface area contributed by atoms with E-state index >= 15 is 0 Å². The highest BCUT2D eigenvalue weighted by Gasteiger charge is 2.24. The lowest BCUT2D eigenvalue weighted by molar-refractivity contribution is 0.0685. The van der Waals surface area contributed by atoms with E-state index in [-0.39, 0.29) is 22.9 Å². The topological polar surface area (TPSA) is 103 Å². The third kappa shape index (κ3) is 4.31. The second kappa shape index (κ2) is 8.65. The van der Waals surface area contributed by atoms with Crippen LogP contribution in [0.4, 0.5) is 10.3 Å². The maximum Gasteiger partial charge on any atom is 0.255 e. The van der Waals surface area contributed by atoms with E-state index in [1.165, 1.54) is 22.9 Å². The van der Waals surface area contributed by atoms with Gasteiger partial charge >= 0.3 is 0 Å². The molecule has 1 aliphatic heterocycles. The minimum atomic E-state index is -0.541. The fourth-order valence-corrected chi connectivity index (χ4v) is 3.60.